The summed E-state index contributed by atoms with van der Waals surface area (Å²) in [5.74, 6) is -3.38. The molecule has 16 heteroatoms. The Balaban J connectivity index is 5.12. The Labute approximate surface area is 413 Å². The van der Waals surface area contributed by atoms with Crippen molar-refractivity contribution in [2.45, 2.75) is 220 Å². The van der Waals surface area contributed by atoms with E-state index < -0.39 is 28.6 Å². The standard InChI is InChI=1S/C50H92BIN2O12/c1-5-9-13-17-21-25-29-45(55)61-37-43(38-62-46(56)30-26-22-18-14-10-6-2)41-65-49(59)33-35-54(51(52)53)36-34-50(60)66-42-44(39-63-47(57)31-27-23-19-15-11-7-3)40-64-48(58)32-28-24-20-16-12-8-4/h43-44H,5-42,53H2,1-4H3. The Morgan fingerprint density at radius 1 is 0.364 bits per heavy atom. The molecule has 0 saturated heterocycles. The fraction of sp³-hybridized carbons (Fsp3) is 0.880. The van der Waals surface area contributed by atoms with Crippen LogP contribution in [0, 0.1) is 11.8 Å². The number of hydrogen-bond donors (Lipinski definition) is 1. The van der Waals surface area contributed by atoms with Crippen LogP contribution < -0.4 is 5.64 Å². The monoisotopic (exact) mass is 1050 g/mol. The van der Waals surface area contributed by atoms with Gasteiger partial charge in [-0.15, -0.1) is 22.4 Å². The summed E-state index contributed by atoms with van der Waals surface area (Å²) in [6, 6.07) is 0. The minimum atomic E-state index is -0.523. The Morgan fingerprint density at radius 2 is 0.561 bits per heavy atom. The van der Waals surface area contributed by atoms with Crippen LogP contribution in [-0.4, -0.2) is 98.2 Å². The molecule has 384 valence electrons. The molecule has 66 heavy (non-hydrogen) atoms. The minimum Gasteiger partial charge on any atom is -0.465 e. The molecule has 0 bridgehead atoms. The summed E-state index contributed by atoms with van der Waals surface area (Å²) in [6.07, 6.45) is 26.3. The van der Waals surface area contributed by atoms with Crippen molar-refractivity contribution in [2.24, 2.45) is 17.5 Å². The zero-order chi connectivity index (χ0) is 48.9. The Bertz CT molecular complexity index is 1090. The summed E-state index contributed by atoms with van der Waals surface area (Å²) in [6.45, 7) is 8.70. The largest absolute Gasteiger partial charge is 0.465 e. The van der Waals surface area contributed by atoms with Crippen LogP contribution in [-0.2, 0) is 57.2 Å². The van der Waals surface area contributed by atoms with Gasteiger partial charge in [0, 0.05) is 25.7 Å². The van der Waals surface area contributed by atoms with Crippen LogP contribution >= 0.6 is 22.4 Å². The minimum absolute atomic E-state index is 0.0234. The zero-order valence-electron chi connectivity index (χ0n) is 41.9. The lowest BCUT2D eigenvalue weighted by atomic mass is 10.1. The molecule has 0 aromatic heterocycles. The number of ether oxygens (including phenoxy) is 6. The van der Waals surface area contributed by atoms with Crippen molar-refractivity contribution in [3.8, 4) is 0 Å². The molecule has 0 aliphatic carbocycles. The van der Waals surface area contributed by atoms with E-state index in [9.17, 15) is 28.8 Å². The number of halogens is 1. The molecule has 0 atom stereocenters. The van der Waals surface area contributed by atoms with Crippen molar-refractivity contribution in [2.75, 3.05) is 52.7 Å². The number of nitrogens with two attached hydrogens (primary N) is 1. The van der Waals surface area contributed by atoms with Gasteiger partial charge in [0.25, 0.3) is 0 Å². The SMILES string of the molecule is CCCCCCCCC(=O)OCC(COC(=O)CCCCCCCC)COC(=O)CCN(CCC(=O)OCC(COC(=O)CCCCCCCC)COC(=O)CCCCCCCC)B(N)I. The molecule has 0 spiro atoms. The Morgan fingerprint density at radius 3 is 0.773 bits per heavy atom. The van der Waals surface area contributed by atoms with Gasteiger partial charge >= 0.3 is 40.7 Å². The summed E-state index contributed by atoms with van der Waals surface area (Å²) in [5, 5.41) is 0. The van der Waals surface area contributed by atoms with E-state index in [2.05, 4.69) is 27.7 Å². The fourth-order valence-corrected chi connectivity index (χ4v) is 7.57. The maximum absolute atomic E-state index is 12.9. The van der Waals surface area contributed by atoms with Gasteiger partial charge in [0.15, 0.2) is 0 Å². The van der Waals surface area contributed by atoms with Crippen LogP contribution in [0.2, 0.25) is 0 Å². The van der Waals surface area contributed by atoms with Gasteiger partial charge in [0.1, 0.15) is 39.6 Å². The first kappa shape index (κ1) is 63.5. The van der Waals surface area contributed by atoms with Gasteiger partial charge in [-0.1, -0.05) is 156 Å². The predicted octanol–water partition coefficient (Wildman–Crippen LogP) is 10.9. The van der Waals surface area contributed by atoms with Crippen LogP contribution in [0.4, 0.5) is 0 Å². The molecule has 2 N–H and O–H groups in total. The third-order valence-corrected chi connectivity index (χ3v) is 12.2. The molecular weight excluding hydrogens is 958 g/mol. The smallest absolute Gasteiger partial charge is 0.379 e. The van der Waals surface area contributed by atoms with E-state index in [0.29, 0.717) is 25.7 Å². The van der Waals surface area contributed by atoms with Crippen molar-refractivity contribution in [3.63, 3.8) is 0 Å². The van der Waals surface area contributed by atoms with E-state index in [-0.39, 0.29) is 89.4 Å². The third kappa shape index (κ3) is 41.7. The van der Waals surface area contributed by atoms with Gasteiger partial charge in [-0.25, -0.2) is 0 Å². The van der Waals surface area contributed by atoms with E-state index in [1.807, 2.05) is 22.4 Å². The second kappa shape index (κ2) is 46.3. The quantitative estimate of drug-likeness (QED) is 0.0199. The van der Waals surface area contributed by atoms with Crippen LogP contribution in [0.25, 0.3) is 0 Å². The number of carbonyl (C=O) groups excluding carboxylic acids is 6. The van der Waals surface area contributed by atoms with Crippen molar-refractivity contribution in [1.29, 1.82) is 0 Å². The highest BCUT2D eigenvalue weighted by Gasteiger charge is 2.23. The average Bonchev–Trinajstić information content (AvgIpc) is 3.30. The van der Waals surface area contributed by atoms with E-state index >= 15 is 0 Å². The fourth-order valence-electron chi connectivity index (χ4n) is 7.01. The zero-order valence-corrected chi connectivity index (χ0v) is 44.1. The first-order chi connectivity index (χ1) is 31.9. The number of unbranched alkanes of at least 4 members (excludes halogenated alkanes) is 20. The maximum Gasteiger partial charge on any atom is 0.379 e. The van der Waals surface area contributed by atoms with E-state index in [0.717, 1.165) is 128 Å². The highest BCUT2D eigenvalue weighted by atomic mass is 127. The van der Waals surface area contributed by atoms with Crippen LogP contribution in [0.1, 0.15) is 220 Å². The first-order valence-electron chi connectivity index (χ1n) is 26.0. The lowest BCUT2D eigenvalue weighted by Crippen LogP contribution is -2.44. The van der Waals surface area contributed by atoms with Crippen molar-refractivity contribution in [3.05, 3.63) is 0 Å². The van der Waals surface area contributed by atoms with Gasteiger partial charge < -0.3 is 38.9 Å². The Hall–Kier alpha value is -2.47. The van der Waals surface area contributed by atoms with Gasteiger partial charge in [-0.3, -0.25) is 28.8 Å². The lowest BCUT2D eigenvalue weighted by Gasteiger charge is -2.23. The first-order valence-corrected chi connectivity index (χ1v) is 27.3. The summed E-state index contributed by atoms with van der Waals surface area (Å²) < 4.78 is 33.2. The third-order valence-electron chi connectivity index (χ3n) is 11.4. The van der Waals surface area contributed by atoms with Gasteiger partial charge in [-0.05, 0) is 38.8 Å². The molecular formula is C50H92BIN2O12. The molecule has 0 fully saturated rings. The normalized spacial score (nSPS) is 11.2. The molecule has 0 aromatic carbocycles. The number of rotatable bonds is 47. The molecule has 0 aliphatic rings. The molecule has 0 heterocycles. The van der Waals surface area contributed by atoms with Gasteiger partial charge in [0.05, 0.1) is 24.7 Å². The number of esters is 6. The van der Waals surface area contributed by atoms with Crippen molar-refractivity contribution in [1.82, 2.24) is 4.81 Å². The molecule has 0 saturated carbocycles. The van der Waals surface area contributed by atoms with E-state index in [1.165, 1.54) is 25.7 Å². The van der Waals surface area contributed by atoms with Crippen LogP contribution in [0.5, 0.6) is 0 Å². The topological polar surface area (TPSA) is 187 Å². The number of carbonyl (C=O) groups is 6. The molecule has 14 nitrogen and oxygen atoms in total. The summed E-state index contributed by atoms with van der Waals surface area (Å²) >= 11 is 2.01. The lowest BCUT2D eigenvalue weighted by molar-refractivity contribution is -0.156. The van der Waals surface area contributed by atoms with Crippen molar-refractivity contribution < 1.29 is 57.2 Å². The predicted molar refractivity (Wildman–Crippen MR) is 269 cm³/mol. The maximum atomic E-state index is 12.9. The Kier molecular flexibility index (Phi) is 44.5. The number of hydrogen-bond acceptors (Lipinski definition) is 14. The highest BCUT2D eigenvalue weighted by molar-refractivity contribution is 14.1. The van der Waals surface area contributed by atoms with E-state index in [1.54, 1.807) is 4.81 Å². The second-order valence-corrected chi connectivity index (χ2v) is 19.1. The van der Waals surface area contributed by atoms with Gasteiger partial charge in [0.2, 0.25) is 0 Å². The number of nitrogens with zero attached hydrogens (tertiary/aromatic N) is 1. The molecule has 0 rings (SSSR count). The average molecular weight is 1050 g/mol. The van der Waals surface area contributed by atoms with E-state index in [4.69, 9.17) is 34.1 Å². The summed E-state index contributed by atoms with van der Waals surface area (Å²) in [7, 11) is 0. The van der Waals surface area contributed by atoms with Crippen LogP contribution in [0.3, 0.4) is 0 Å². The summed E-state index contributed by atoms with van der Waals surface area (Å²) in [4.78, 5) is 77.1. The van der Waals surface area contributed by atoms with Gasteiger partial charge in [-0.2, -0.15) is 0 Å². The molecule has 0 aromatic rings. The summed E-state index contributed by atoms with van der Waals surface area (Å²) in [5.41, 5.74) is 6.20. The van der Waals surface area contributed by atoms with Crippen LogP contribution in [0.15, 0.2) is 0 Å². The van der Waals surface area contributed by atoms with Crippen molar-refractivity contribution >= 4 is 63.0 Å². The highest BCUT2D eigenvalue weighted by Crippen LogP contribution is 2.14. The molecule has 0 aliphatic heterocycles. The molecule has 0 unspecified atom stereocenters. The second-order valence-electron chi connectivity index (χ2n) is 17.8. The molecule has 0 radical (unpaired) electrons. The molecule has 0 amide bonds.